The van der Waals surface area contributed by atoms with Crippen LogP contribution in [0.5, 0.6) is 0 Å². The number of nitrogens with one attached hydrogen (secondary N) is 1. The van der Waals surface area contributed by atoms with Crippen molar-refractivity contribution in [1.82, 2.24) is 20.0 Å². The van der Waals surface area contributed by atoms with E-state index in [1.165, 1.54) is 11.3 Å². The number of hydrogen-bond acceptors (Lipinski definition) is 8. The van der Waals surface area contributed by atoms with E-state index in [4.69, 9.17) is 9.47 Å². The first-order valence-corrected chi connectivity index (χ1v) is 9.33. The van der Waals surface area contributed by atoms with Crippen LogP contribution in [0.15, 0.2) is 10.9 Å². The molecule has 0 saturated carbocycles. The van der Waals surface area contributed by atoms with Crippen LogP contribution in [-0.4, -0.2) is 46.3 Å². The van der Waals surface area contributed by atoms with Crippen LogP contribution in [0.25, 0.3) is 0 Å². The van der Waals surface area contributed by atoms with E-state index in [1.807, 2.05) is 0 Å². The zero-order chi connectivity index (χ0) is 17.2. The van der Waals surface area contributed by atoms with E-state index in [9.17, 15) is 4.79 Å². The number of ether oxygens (including phenoxy) is 2. The monoisotopic (exact) mass is 363 g/mol. The molecule has 1 aliphatic carbocycles. The molecule has 25 heavy (non-hydrogen) atoms. The molecule has 3 heterocycles. The fourth-order valence-corrected chi connectivity index (χ4v) is 4.16. The molecule has 2 unspecified atom stereocenters. The minimum atomic E-state index is -0.144. The molecule has 0 radical (unpaired) electrons. The first-order valence-electron chi connectivity index (χ1n) is 8.52. The van der Waals surface area contributed by atoms with Gasteiger partial charge in [-0.25, -0.2) is 4.68 Å². The second kappa shape index (κ2) is 7.19. The van der Waals surface area contributed by atoms with Crippen LogP contribution in [0.4, 0.5) is 5.13 Å². The third-order valence-electron chi connectivity index (χ3n) is 4.64. The number of fused-ring (bicyclic) bond motifs is 1. The Kier molecular flexibility index (Phi) is 4.78. The van der Waals surface area contributed by atoms with Crippen molar-refractivity contribution in [3.05, 3.63) is 32.7 Å². The average molecular weight is 363 g/mol. The number of aryl methyl sites for hydroxylation is 2. The van der Waals surface area contributed by atoms with Crippen molar-refractivity contribution >= 4 is 16.5 Å². The second-order valence-electron chi connectivity index (χ2n) is 6.40. The second-order valence-corrected chi connectivity index (χ2v) is 7.46. The minimum Gasteiger partial charge on any atom is -0.377 e. The van der Waals surface area contributed by atoms with Crippen molar-refractivity contribution in [2.75, 3.05) is 25.6 Å². The SMILES string of the molecule is COCc1nnc(NC2COCC2n2nc3c(cc2=O)CCCC3)s1. The molecule has 0 amide bonds. The van der Waals surface area contributed by atoms with Crippen LogP contribution in [0.2, 0.25) is 0 Å². The molecule has 9 heteroatoms. The van der Waals surface area contributed by atoms with Crippen LogP contribution >= 0.6 is 11.3 Å². The van der Waals surface area contributed by atoms with E-state index in [1.54, 1.807) is 17.9 Å². The lowest BCUT2D eigenvalue weighted by Crippen LogP contribution is -2.38. The van der Waals surface area contributed by atoms with Gasteiger partial charge in [-0.3, -0.25) is 4.79 Å². The van der Waals surface area contributed by atoms with Gasteiger partial charge in [0.05, 0.1) is 24.9 Å². The molecule has 2 aliphatic rings. The first kappa shape index (κ1) is 16.6. The average Bonchev–Trinajstić information content (AvgIpc) is 3.25. The maximum Gasteiger partial charge on any atom is 0.267 e. The van der Waals surface area contributed by atoms with Crippen LogP contribution in [-0.2, 0) is 28.9 Å². The quantitative estimate of drug-likeness (QED) is 0.853. The molecule has 0 aromatic carbocycles. The van der Waals surface area contributed by atoms with Gasteiger partial charge in [0.15, 0.2) is 0 Å². The highest BCUT2D eigenvalue weighted by Gasteiger charge is 2.32. The normalized spacial score (nSPS) is 22.8. The van der Waals surface area contributed by atoms with Crippen LogP contribution in [0.3, 0.4) is 0 Å². The third kappa shape index (κ3) is 3.44. The lowest BCUT2D eigenvalue weighted by molar-refractivity contribution is 0.182. The summed E-state index contributed by atoms with van der Waals surface area (Å²) >= 11 is 1.45. The lowest BCUT2D eigenvalue weighted by atomic mass is 9.97. The van der Waals surface area contributed by atoms with Gasteiger partial charge in [0.25, 0.3) is 5.56 Å². The summed E-state index contributed by atoms with van der Waals surface area (Å²) in [4.78, 5) is 12.5. The molecular formula is C16H21N5O3S. The third-order valence-corrected chi connectivity index (χ3v) is 5.47. The molecule has 2 atom stereocenters. The van der Waals surface area contributed by atoms with Crippen molar-refractivity contribution < 1.29 is 9.47 Å². The van der Waals surface area contributed by atoms with E-state index >= 15 is 0 Å². The van der Waals surface area contributed by atoms with Crippen LogP contribution < -0.4 is 10.9 Å². The zero-order valence-electron chi connectivity index (χ0n) is 14.1. The predicted octanol–water partition coefficient (Wildman–Crippen LogP) is 1.17. The Hall–Kier alpha value is -1.84. The van der Waals surface area contributed by atoms with Gasteiger partial charge < -0.3 is 14.8 Å². The molecule has 134 valence electrons. The highest BCUT2D eigenvalue weighted by molar-refractivity contribution is 7.15. The van der Waals surface area contributed by atoms with Gasteiger partial charge in [0.2, 0.25) is 5.13 Å². The predicted molar refractivity (Wildman–Crippen MR) is 93.0 cm³/mol. The Morgan fingerprint density at radius 1 is 1.36 bits per heavy atom. The Labute approximate surface area is 149 Å². The maximum absolute atomic E-state index is 12.5. The summed E-state index contributed by atoms with van der Waals surface area (Å²) in [6.45, 7) is 1.41. The van der Waals surface area contributed by atoms with Gasteiger partial charge in [0, 0.05) is 13.2 Å². The Balaban J connectivity index is 1.55. The summed E-state index contributed by atoms with van der Waals surface area (Å²) in [5.41, 5.74) is 2.10. The molecule has 1 N–H and O–H groups in total. The number of hydrogen-bond donors (Lipinski definition) is 1. The minimum absolute atomic E-state index is 0.0553. The maximum atomic E-state index is 12.5. The Bertz CT molecular complexity index is 805. The topological polar surface area (TPSA) is 91.2 Å². The van der Waals surface area contributed by atoms with E-state index in [0.29, 0.717) is 25.0 Å². The Morgan fingerprint density at radius 2 is 2.24 bits per heavy atom. The smallest absolute Gasteiger partial charge is 0.267 e. The van der Waals surface area contributed by atoms with Crippen molar-refractivity contribution in [3.63, 3.8) is 0 Å². The molecule has 4 rings (SSSR count). The van der Waals surface area contributed by atoms with E-state index in [-0.39, 0.29) is 17.6 Å². The van der Waals surface area contributed by atoms with Gasteiger partial charge in [-0.1, -0.05) is 11.3 Å². The molecule has 8 nitrogen and oxygen atoms in total. The standard InChI is InChI=1S/C16H21N5O3S/c1-23-9-14-18-19-16(25-14)17-12-7-24-8-13(12)21-15(22)6-10-4-2-3-5-11(10)20-21/h6,12-13H,2-5,7-9H2,1H3,(H,17,19). The summed E-state index contributed by atoms with van der Waals surface area (Å²) in [5.74, 6) is 0. The summed E-state index contributed by atoms with van der Waals surface area (Å²) in [7, 11) is 1.63. The van der Waals surface area contributed by atoms with E-state index < -0.39 is 0 Å². The molecule has 2 aromatic heterocycles. The van der Waals surface area contributed by atoms with Crippen molar-refractivity contribution in [2.45, 2.75) is 44.4 Å². The number of nitrogens with zero attached hydrogens (tertiary/aromatic N) is 4. The fourth-order valence-electron chi connectivity index (χ4n) is 3.39. The van der Waals surface area contributed by atoms with Gasteiger partial charge in [0.1, 0.15) is 17.7 Å². The summed E-state index contributed by atoms with van der Waals surface area (Å²) in [5, 5.41) is 17.7. The fraction of sp³-hybridized carbons (Fsp3) is 0.625. The van der Waals surface area contributed by atoms with Crippen molar-refractivity contribution in [3.8, 4) is 0 Å². The first-order chi connectivity index (χ1) is 12.2. The number of methoxy groups -OCH3 is 1. The van der Waals surface area contributed by atoms with E-state index in [2.05, 4.69) is 20.6 Å². The number of anilines is 1. The molecule has 1 aliphatic heterocycles. The van der Waals surface area contributed by atoms with Crippen LogP contribution in [0.1, 0.15) is 35.1 Å². The molecule has 0 bridgehead atoms. The van der Waals surface area contributed by atoms with Gasteiger partial charge >= 0.3 is 0 Å². The molecule has 0 spiro atoms. The molecule has 1 fully saturated rings. The van der Waals surface area contributed by atoms with E-state index in [0.717, 1.165) is 41.9 Å². The van der Waals surface area contributed by atoms with Crippen molar-refractivity contribution in [1.29, 1.82) is 0 Å². The largest absolute Gasteiger partial charge is 0.377 e. The Morgan fingerprint density at radius 3 is 3.12 bits per heavy atom. The molecule has 2 aromatic rings. The highest BCUT2D eigenvalue weighted by atomic mass is 32.1. The van der Waals surface area contributed by atoms with Gasteiger partial charge in [-0.2, -0.15) is 5.10 Å². The molecule has 1 saturated heterocycles. The van der Waals surface area contributed by atoms with Gasteiger partial charge in [-0.05, 0) is 31.2 Å². The van der Waals surface area contributed by atoms with Crippen LogP contribution in [0, 0.1) is 0 Å². The van der Waals surface area contributed by atoms with Crippen molar-refractivity contribution in [2.24, 2.45) is 0 Å². The molecular weight excluding hydrogens is 342 g/mol. The van der Waals surface area contributed by atoms with Gasteiger partial charge in [-0.15, -0.1) is 10.2 Å². The zero-order valence-corrected chi connectivity index (χ0v) is 14.9. The number of aromatic nitrogens is 4. The summed E-state index contributed by atoms with van der Waals surface area (Å²) in [6, 6.07) is 1.54. The highest BCUT2D eigenvalue weighted by Crippen LogP contribution is 2.25. The summed E-state index contributed by atoms with van der Waals surface area (Å²) < 4.78 is 12.3. The number of rotatable bonds is 5. The summed E-state index contributed by atoms with van der Waals surface area (Å²) in [6.07, 6.45) is 4.16. The lowest BCUT2D eigenvalue weighted by Gasteiger charge is -2.22.